The van der Waals surface area contributed by atoms with Gasteiger partial charge in [0.1, 0.15) is 34.0 Å². The molecule has 17 nitrogen and oxygen atoms in total. The lowest BCUT2D eigenvalue weighted by Crippen LogP contribution is -2.55. The Morgan fingerprint density at radius 2 is 0.963 bits per heavy atom. The maximum Gasteiger partial charge on any atom is 0.437 e. The SMILES string of the molecule is COc1ccc(-c2nc3c(C(=O)N4CCN([C@@H](CO)c5ccccc5)C[C@H]4C)cnn3c(C(F)(F)F)c2F)cc1.COc1ccc(-c2nc3c(C(=O)N4CCN([C@@H](CO)c5ccccc5)C[C@H]4C)cnn3c(C(F)(F)F)c2OC)cc1. The van der Waals surface area contributed by atoms with Crippen LogP contribution in [0.2, 0.25) is 0 Å². The molecule has 0 radical (unpaired) electrons. The molecule has 2 saturated heterocycles. The molecular weight excluding hydrogens is 1070 g/mol. The zero-order valence-corrected chi connectivity index (χ0v) is 44.6. The summed E-state index contributed by atoms with van der Waals surface area (Å²) in [5.74, 6) is -2.17. The van der Waals surface area contributed by atoms with Gasteiger partial charge in [-0.15, -0.1) is 0 Å². The minimum atomic E-state index is -5.10. The first-order valence-electron chi connectivity index (χ1n) is 25.7. The average Bonchev–Trinajstić information content (AvgIpc) is 4.14. The number of carbonyl (C=O) groups is 2. The maximum absolute atomic E-state index is 15.3. The van der Waals surface area contributed by atoms with E-state index in [4.69, 9.17) is 14.2 Å². The largest absolute Gasteiger partial charge is 0.497 e. The number of piperazine rings is 2. The summed E-state index contributed by atoms with van der Waals surface area (Å²) in [6, 6.07) is 30.1. The first kappa shape index (κ1) is 57.5. The van der Waals surface area contributed by atoms with Gasteiger partial charge < -0.3 is 34.2 Å². The van der Waals surface area contributed by atoms with Gasteiger partial charge >= 0.3 is 12.4 Å². The molecule has 2 N–H and O–H groups in total. The van der Waals surface area contributed by atoms with Crippen LogP contribution in [0.4, 0.5) is 30.7 Å². The highest BCUT2D eigenvalue weighted by Gasteiger charge is 2.44. The normalized spacial score (nSPS) is 17.2. The van der Waals surface area contributed by atoms with E-state index in [0.717, 1.165) is 30.6 Å². The second kappa shape index (κ2) is 23.9. The van der Waals surface area contributed by atoms with Crippen LogP contribution in [0.5, 0.6) is 17.2 Å². The maximum atomic E-state index is 15.3. The molecule has 0 bridgehead atoms. The molecule has 0 aliphatic carbocycles. The molecular formula is C57H57F7N10O7. The van der Waals surface area contributed by atoms with Crippen LogP contribution in [-0.2, 0) is 12.4 Å². The van der Waals surface area contributed by atoms with Crippen molar-refractivity contribution in [1.82, 2.24) is 48.8 Å². The van der Waals surface area contributed by atoms with Crippen molar-refractivity contribution in [3.8, 4) is 39.8 Å². The van der Waals surface area contributed by atoms with Gasteiger partial charge in [-0.05, 0) is 73.5 Å². The topological polar surface area (TPSA) is 176 Å². The summed E-state index contributed by atoms with van der Waals surface area (Å²) < 4.78 is 117. The first-order chi connectivity index (χ1) is 38.8. The third-order valence-electron chi connectivity index (χ3n) is 14.6. The van der Waals surface area contributed by atoms with Gasteiger partial charge in [-0.25, -0.2) is 23.4 Å². The molecule has 4 aromatic carbocycles. The number of nitrogens with zero attached hydrogens (tertiary/aromatic N) is 10. The Hall–Kier alpha value is -8.19. The van der Waals surface area contributed by atoms with Crippen molar-refractivity contribution in [2.24, 2.45) is 0 Å². The van der Waals surface area contributed by atoms with Crippen molar-refractivity contribution in [2.75, 3.05) is 73.8 Å². The molecule has 2 amide bonds. The Labute approximate surface area is 460 Å². The van der Waals surface area contributed by atoms with E-state index in [1.165, 1.54) is 43.4 Å². The summed E-state index contributed by atoms with van der Waals surface area (Å²) in [5, 5.41) is 27.8. The molecule has 24 heteroatoms. The molecule has 4 aromatic heterocycles. The van der Waals surface area contributed by atoms with E-state index < -0.39 is 58.5 Å². The van der Waals surface area contributed by atoms with Crippen LogP contribution >= 0.6 is 0 Å². The van der Waals surface area contributed by atoms with Gasteiger partial charge in [-0.1, -0.05) is 60.7 Å². The summed E-state index contributed by atoms with van der Waals surface area (Å²) in [5.41, 5.74) is -1.91. The number of alkyl halides is 6. The zero-order chi connectivity index (χ0) is 57.9. The van der Waals surface area contributed by atoms with E-state index in [1.54, 1.807) is 29.2 Å². The lowest BCUT2D eigenvalue weighted by molar-refractivity contribution is -0.145. The van der Waals surface area contributed by atoms with Gasteiger partial charge in [-0.3, -0.25) is 19.4 Å². The summed E-state index contributed by atoms with van der Waals surface area (Å²) in [4.78, 5) is 43.4. The lowest BCUT2D eigenvalue weighted by atomic mass is 10.0. The summed E-state index contributed by atoms with van der Waals surface area (Å²) in [6.07, 6.45) is -7.84. The number of benzene rings is 4. The minimum Gasteiger partial charge on any atom is -0.497 e. The molecule has 8 aromatic rings. The Morgan fingerprint density at radius 3 is 1.33 bits per heavy atom. The van der Waals surface area contributed by atoms with Crippen LogP contribution in [0.15, 0.2) is 122 Å². The predicted octanol–water partition coefficient (Wildman–Crippen LogP) is 8.75. The number of fused-ring (bicyclic) bond motifs is 2. The molecule has 2 aliphatic heterocycles. The number of aliphatic hydroxyl groups excluding tert-OH is 2. The number of aliphatic hydroxyl groups is 2. The number of rotatable bonds is 13. The third kappa shape index (κ3) is 11.6. The highest BCUT2D eigenvalue weighted by molar-refractivity contribution is 6.01. The Kier molecular flexibility index (Phi) is 16.9. The average molecular weight is 1130 g/mol. The van der Waals surface area contributed by atoms with Crippen molar-refractivity contribution in [3.05, 3.63) is 161 Å². The number of hydrogen-bond donors (Lipinski definition) is 2. The van der Waals surface area contributed by atoms with Crippen LogP contribution < -0.4 is 14.2 Å². The standard InChI is InChI=1S/C29H30F3N5O4.C28H27F4N5O3/c1-18-16-35(23(17-38)19-7-5-4-6-8-19)13-14-36(18)28(39)22-15-33-37-26(29(30,31)32)25(41-3)24(34-27(22)37)20-9-11-21(40-2)12-10-20;1-17-15-35(22(16-38)18-6-4-3-5-7-18)12-13-36(17)27(39)21-14-33-37-25(28(30,31)32)23(29)24(34-26(21)37)19-8-10-20(40-2)11-9-19/h4-12,15,18,23,38H,13-14,16-17H2,1-3H3;3-11,14,17,22,38H,12-13,15-16H2,1-2H3/t18-,23+;17-,22+/m11/s1. The molecule has 2 fully saturated rings. The van der Waals surface area contributed by atoms with Crippen molar-refractivity contribution < 1.29 is 64.7 Å². The van der Waals surface area contributed by atoms with E-state index >= 15 is 4.39 Å². The van der Waals surface area contributed by atoms with E-state index in [0.29, 0.717) is 58.8 Å². The second-order valence-electron chi connectivity index (χ2n) is 19.4. The van der Waals surface area contributed by atoms with Gasteiger partial charge in [0.05, 0.1) is 59.0 Å². The summed E-state index contributed by atoms with van der Waals surface area (Å²) in [6.45, 7) is 5.88. The number of methoxy groups -OCH3 is 3. The quantitative estimate of drug-likeness (QED) is 0.105. The van der Waals surface area contributed by atoms with Crippen LogP contribution in [-0.4, -0.2) is 157 Å². The first-order valence-corrected chi connectivity index (χ1v) is 25.7. The van der Waals surface area contributed by atoms with Gasteiger partial charge in [0, 0.05) is 62.5 Å². The minimum absolute atomic E-state index is 0.0463. The molecule has 0 spiro atoms. The van der Waals surface area contributed by atoms with Gasteiger partial charge in [0.15, 0.2) is 34.2 Å². The lowest BCUT2D eigenvalue weighted by Gasteiger charge is -2.43. The fourth-order valence-electron chi connectivity index (χ4n) is 10.5. The Bertz CT molecular complexity index is 3490. The number of hydrogen-bond acceptors (Lipinski definition) is 13. The van der Waals surface area contributed by atoms with E-state index in [-0.39, 0.29) is 72.0 Å². The molecule has 81 heavy (non-hydrogen) atoms. The predicted molar refractivity (Wildman–Crippen MR) is 283 cm³/mol. The van der Waals surface area contributed by atoms with Gasteiger partial charge in [-0.2, -0.15) is 36.5 Å². The van der Waals surface area contributed by atoms with E-state index in [1.807, 2.05) is 74.5 Å². The van der Waals surface area contributed by atoms with E-state index in [2.05, 4.69) is 30.0 Å². The number of ether oxygens (including phenoxy) is 3. The molecule has 0 unspecified atom stereocenters. The molecule has 0 saturated carbocycles. The van der Waals surface area contributed by atoms with Gasteiger partial charge in [0.2, 0.25) is 0 Å². The van der Waals surface area contributed by atoms with Crippen LogP contribution in [0.3, 0.4) is 0 Å². The number of carbonyl (C=O) groups excluding carboxylic acids is 2. The van der Waals surface area contributed by atoms with Crippen LogP contribution in [0.25, 0.3) is 33.8 Å². The molecule has 10 rings (SSSR count). The monoisotopic (exact) mass is 1130 g/mol. The van der Waals surface area contributed by atoms with Gasteiger partial charge in [0.25, 0.3) is 11.8 Å². The van der Waals surface area contributed by atoms with Crippen LogP contribution in [0, 0.1) is 5.82 Å². The smallest absolute Gasteiger partial charge is 0.437 e. The Morgan fingerprint density at radius 1 is 0.568 bits per heavy atom. The summed E-state index contributed by atoms with van der Waals surface area (Å²) in [7, 11) is 4.05. The van der Waals surface area contributed by atoms with Crippen molar-refractivity contribution in [3.63, 3.8) is 0 Å². The van der Waals surface area contributed by atoms with Crippen molar-refractivity contribution in [1.29, 1.82) is 0 Å². The molecule has 4 atom stereocenters. The highest BCUT2D eigenvalue weighted by Crippen LogP contribution is 2.43. The second-order valence-corrected chi connectivity index (χ2v) is 19.4. The van der Waals surface area contributed by atoms with Crippen molar-refractivity contribution in [2.45, 2.75) is 50.4 Å². The molecule has 2 aliphatic rings. The number of amides is 2. The molecule has 426 valence electrons. The number of aromatic nitrogens is 6. The fraction of sp³-hybridized carbons (Fsp3) is 0.333. The highest BCUT2D eigenvalue weighted by atomic mass is 19.4. The van der Waals surface area contributed by atoms with E-state index in [9.17, 15) is 46.1 Å². The molecule has 6 heterocycles. The third-order valence-corrected chi connectivity index (χ3v) is 14.6. The zero-order valence-electron chi connectivity index (χ0n) is 44.6. The Balaban J connectivity index is 0.000000196. The fourth-order valence-corrected chi connectivity index (χ4v) is 10.5. The van der Waals surface area contributed by atoms with Crippen LogP contribution in [0.1, 0.15) is 69.2 Å². The summed E-state index contributed by atoms with van der Waals surface area (Å²) >= 11 is 0. The van der Waals surface area contributed by atoms with Crippen molar-refractivity contribution >= 4 is 23.1 Å². The number of halogens is 7.